The van der Waals surface area contributed by atoms with E-state index in [1.54, 1.807) is 0 Å². The van der Waals surface area contributed by atoms with Crippen LogP contribution < -0.4 is 5.73 Å². The Hall–Kier alpha value is -1.02. The van der Waals surface area contributed by atoms with Gasteiger partial charge in [-0.1, -0.05) is 67.4 Å². The predicted molar refractivity (Wildman–Crippen MR) is 90.1 cm³/mol. The highest BCUT2D eigenvalue weighted by Crippen LogP contribution is 2.50. The molecule has 2 atom stereocenters. The fraction of sp³-hybridized carbons (Fsp3) is 0.333. The van der Waals surface area contributed by atoms with Crippen LogP contribution in [-0.2, 0) is 0 Å². The zero-order valence-corrected chi connectivity index (χ0v) is 13.7. The van der Waals surface area contributed by atoms with E-state index >= 15 is 0 Å². The summed E-state index contributed by atoms with van der Waals surface area (Å²) >= 11 is 12.3. The summed E-state index contributed by atoms with van der Waals surface area (Å²) in [5.74, 6) is 0.311. The van der Waals surface area contributed by atoms with Crippen LogP contribution in [-0.4, -0.2) is 0 Å². The lowest BCUT2D eigenvalue weighted by molar-refractivity contribution is 0.234. The molecule has 2 aromatic rings. The van der Waals surface area contributed by atoms with Crippen molar-refractivity contribution >= 4 is 23.2 Å². The molecule has 0 saturated heterocycles. The highest BCUT2D eigenvalue weighted by Gasteiger charge is 2.38. The van der Waals surface area contributed by atoms with Crippen LogP contribution in [0.1, 0.15) is 48.9 Å². The minimum Gasteiger partial charge on any atom is -0.323 e. The average Bonchev–Trinajstić information content (AvgIpc) is 2.46. The van der Waals surface area contributed by atoms with Gasteiger partial charge in [0.2, 0.25) is 0 Å². The molecule has 110 valence electrons. The molecular formula is C18H19Cl2N. The maximum Gasteiger partial charge on any atom is 0.0595 e. The van der Waals surface area contributed by atoms with Gasteiger partial charge in [0.25, 0.3) is 0 Å². The second-order valence-corrected chi connectivity index (χ2v) is 7.34. The zero-order valence-electron chi connectivity index (χ0n) is 12.2. The maximum atomic E-state index is 6.47. The second-order valence-electron chi connectivity index (χ2n) is 6.53. The molecule has 3 heteroatoms. The molecule has 2 N–H and O–H groups in total. The Balaban J connectivity index is 2.14. The van der Waals surface area contributed by atoms with E-state index in [2.05, 4.69) is 44.2 Å². The second kappa shape index (κ2) is 5.31. The van der Waals surface area contributed by atoms with E-state index in [0.717, 1.165) is 6.42 Å². The number of halogens is 2. The smallest absolute Gasteiger partial charge is 0.0595 e. The van der Waals surface area contributed by atoms with Crippen LogP contribution in [0.4, 0.5) is 0 Å². The number of nitrogens with two attached hydrogens (primary N) is 1. The molecule has 0 saturated carbocycles. The van der Waals surface area contributed by atoms with Gasteiger partial charge in [-0.2, -0.15) is 0 Å². The third-order valence-electron chi connectivity index (χ3n) is 4.62. The fourth-order valence-corrected chi connectivity index (χ4v) is 3.63. The van der Waals surface area contributed by atoms with Crippen molar-refractivity contribution in [1.29, 1.82) is 0 Å². The summed E-state index contributed by atoms with van der Waals surface area (Å²) in [5.41, 5.74) is 10.3. The van der Waals surface area contributed by atoms with Crippen molar-refractivity contribution < 1.29 is 0 Å². The molecule has 0 aromatic heterocycles. The predicted octanol–water partition coefficient (Wildman–Crippen LogP) is 5.56. The first-order chi connectivity index (χ1) is 9.90. The fourth-order valence-electron chi connectivity index (χ4n) is 3.32. The van der Waals surface area contributed by atoms with Gasteiger partial charge in [0.1, 0.15) is 0 Å². The standard InChI is InChI=1S/C18H19Cl2N/c1-18(2)10-14(11-7-8-15(19)16(20)9-11)12-5-3-4-6-13(12)17(18)21/h3-9,14,17H,10,21H2,1-2H3/t14-,17-/m0/s1. The summed E-state index contributed by atoms with van der Waals surface area (Å²) in [6, 6.07) is 14.5. The largest absolute Gasteiger partial charge is 0.323 e. The summed E-state index contributed by atoms with van der Waals surface area (Å²) in [6.07, 6.45) is 1.00. The lowest BCUT2D eigenvalue weighted by atomic mass is 9.64. The van der Waals surface area contributed by atoms with Gasteiger partial charge in [-0.15, -0.1) is 0 Å². The number of benzene rings is 2. The Morgan fingerprint density at radius 2 is 1.67 bits per heavy atom. The van der Waals surface area contributed by atoms with E-state index in [1.165, 1.54) is 16.7 Å². The first-order valence-corrected chi connectivity index (χ1v) is 7.95. The van der Waals surface area contributed by atoms with Gasteiger partial charge < -0.3 is 5.73 Å². The normalized spacial score (nSPS) is 23.7. The molecule has 21 heavy (non-hydrogen) atoms. The van der Waals surface area contributed by atoms with E-state index < -0.39 is 0 Å². The van der Waals surface area contributed by atoms with E-state index in [0.29, 0.717) is 16.0 Å². The SMILES string of the molecule is CC1(C)C[C@@H](c2ccc(Cl)c(Cl)c2)c2ccccc2[C@@H]1N. The molecule has 0 radical (unpaired) electrons. The summed E-state index contributed by atoms with van der Waals surface area (Å²) in [6.45, 7) is 4.47. The number of fused-ring (bicyclic) bond motifs is 1. The van der Waals surface area contributed by atoms with Crippen molar-refractivity contribution in [3.05, 3.63) is 69.2 Å². The van der Waals surface area contributed by atoms with Crippen LogP contribution in [0.15, 0.2) is 42.5 Å². The Kier molecular flexibility index (Phi) is 3.77. The van der Waals surface area contributed by atoms with E-state index in [9.17, 15) is 0 Å². The molecule has 0 unspecified atom stereocenters. The summed E-state index contributed by atoms with van der Waals surface area (Å²) in [4.78, 5) is 0. The monoisotopic (exact) mass is 319 g/mol. The Morgan fingerprint density at radius 1 is 1.00 bits per heavy atom. The molecule has 0 spiro atoms. The average molecular weight is 320 g/mol. The van der Waals surface area contributed by atoms with Crippen LogP contribution in [0.25, 0.3) is 0 Å². The van der Waals surface area contributed by atoms with Gasteiger partial charge >= 0.3 is 0 Å². The topological polar surface area (TPSA) is 26.0 Å². The quantitative estimate of drug-likeness (QED) is 0.732. The summed E-state index contributed by atoms with van der Waals surface area (Å²) in [7, 11) is 0. The third-order valence-corrected chi connectivity index (χ3v) is 5.36. The van der Waals surface area contributed by atoms with Crippen LogP contribution in [0.5, 0.6) is 0 Å². The van der Waals surface area contributed by atoms with Gasteiger partial charge in [-0.05, 0) is 40.7 Å². The highest BCUT2D eigenvalue weighted by molar-refractivity contribution is 6.42. The minimum atomic E-state index is 0.0468. The molecule has 0 amide bonds. The number of rotatable bonds is 1. The molecule has 0 heterocycles. The minimum absolute atomic E-state index is 0.0468. The molecule has 1 nitrogen and oxygen atoms in total. The maximum absolute atomic E-state index is 6.47. The molecule has 1 aliphatic carbocycles. The van der Waals surface area contributed by atoms with Gasteiger partial charge in [-0.25, -0.2) is 0 Å². The first kappa shape index (κ1) is 14.9. The Morgan fingerprint density at radius 3 is 2.33 bits per heavy atom. The summed E-state index contributed by atoms with van der Waals surface area (Å²) < 4.78 is 0. The zero-order chi connectivity index (χ0) is 15.2. The molecule has 0 fully saturated rings. The van der Waals surface area contributed by atoms with Gasteiger partial charge in [-0.3, -0.25) is 0 Å². The van der Waals surface area contributed by atoms with E-state index in [4.69, 9.17) is 28.9 Å². The van der Waals surface area contributed by atoms with E-state index in [1.807, 2.05) is 12.1 Å². The lowest BCUT2D eigenvalue weighted by Crippen LogP contribution is -2.36. The third kappa shape index (κ3) is 2.59. The van der Waals surface area contributed by atoms with Gasteiger partial charge in [0.05, 0.1) is 10.0 Å². The highest BCUT2D eigenvalue weighted by atomic mass is 35.5. The Labute approximate surface area is 136 Å². The van der Waals surface area contributed by atoms with Crippen LogP contribution in [0.3, 0.4) is 0 Å². The molecular weight excluding hydrogens is 301 g/mol. The molecule has 1 aliphatic rings. The van der Waals surface area contributed by atoms with Crippen LogP contribution in [0, 0.1) is 5.41 Å². The summed E-state index contributed by atoms with van der Waals surface area (Å²) in [5, 5.41) is 1.21. The molecule has 0 aliphatic heterocycles. The first-order valence-electron chi connectivity index (χ1n) is 7.19. The van der Waals surface area contributed by atoms with Crippen molar-refractivity contribution in [3.63, 3.8) is 0 Å². The number of hydrogen-bond donors (Lipinski definition) is 1. The van der Waals surface area contributed by atoms with Crippen molar-refractivity contribution in [2.75, 3.05) is 0 Å². The molecule has 0 bridgehead atoms. The molecule has 3 rings (SSSR count). The van der Waals surface area contributed by atoms with Crippen molar-refractivity contribution in [2.24, 2.45) is 11.1 Å². The molecule has 2 aromatic carbocycles. The lowest BCUT2D eigenvalue weighted by Gasteiger charge is -2.42. The Bertz CT molecular complexity index is 679. The van der Waals surface area contributed by atoms with E-state index in [-0.39, 0.29) is 11.5 Å². The van der Waals surface area contributed by atoms with Crippen LogP contribution >= 0.6 is 23.2 Å². The van der Waals surface area contributed by atoms with Crippen molar-refractivity contribution in [2.45, 2.75) is 32.2 Å². The van der Waals surface area contributed by atoms with Crippen molar-refractivity contribution in [1.82, 2.24) is 0 Å². The van der Waals surface area contributed by atoms with Crippen LogP contribution in [0.2, 0.25) is 10.0 Å². The van der Waals surface area contributed by atoms with Crippen molar-refractivity contribution in [3.8, 4) is 0 Å². The van der Waals surface area contributed by atoms with Gasteiger partial charge in [0, 0.05) is 12.0 Å². The van der Waals surface area contributed by atoms with Gasteiger partial charge in [0.15, 0.2) is 0 Å². The number of hydrogen-bond acceptors (Lipinski definition) is 1.